The third-order valence-electron chi connectivity index (χ3n) is 21.3. The van der Waals surface area contributed by atoms with Gasteiger partial charge >= 0.3 is 12.1 Å². The first-order valence-electron chi connectivity index (χ1n) is 39.2. The fourth-order valence-electron chi connectivity index (χ4n) is 14.9. The Labute approximate surface area is 677 Å². The largest absolute Gasteiger partial charge is 0.445 e. The summed E-state index contributed by atoms with van der Waals surface area (Å²) in [7, 11) is 6.16. The number of nitrogens with two attached hydrogens (primary N) is 1. The molecule has 2 unspecified atom stereocenters. The van der Waals surface area contributed by atoms with Crippen molar-refractivity contribution in [3.8, 4) is 0 Å². The number of ether oxygens (including phenoxy) is 3. The number of fused-ring (bicyclic) bond motifs is 4. The summed E-state index contributed by atoms with van der Waals surface area (Å²) in [5.41, 5.74) is 7.19. The number of methoxy groups -OCH3 is 2. The van der Waals surface area contributed by atoms with E-state index >= 15 is 0 Å². The van der Waals surface area contributed by atoms with E-state index in [0.717, 1.165) is 29.8 Å². The fraction of sp³-hybridized carbons (Fsp3) is 0.658. The normalized spacial score (nSPS) is 19.6. The number of likely N-dealkylation sites (N-methyl/N-ethyl adjacent to an activating group) is 2. The van der Waals surface area contributed by atoms with Gasteiger partial charge in [-0.15, -0.1) is 11.3 Å². The van der Waals surface area contributed by atoms with Gasteiger partial charge < -0.3 is 76.3 Å². The molecular weight excluding hydrogens is 1510 g/mol. The zero-order valence-electron chi connectivity index (χ0n) is 67.3. The van der Waals surface area contributed by atoms with Crippen LogP contribution in [0, 0.1) is 29.6 Å². The van der Waals surface area contributed by atoms with E-state index in [2.05, 4.69) is 36.9 Å². The zero-order valence-corrected chi connectivity index (χ0v) is 70.6. The molecule has 1 aliphatic carbocycles. The Bertz CT molecular complexity index is 3570. The molecule has 2 aromatic carbocycles. The van der Waals surface area contributed by atoms with Crippen LogP contribution in [-0.2, 0) is 75.2 Å². The number of amides is 13. The molecule has 3 saturated heterocycles. The minimum atomic E-state index is -1.15. The predicted octanol–water partition coefficient (Wildman–Crippen LogP) is 7.59. The molecule has 0 radical (unpaired) electrons. The predicted molar refractivity (Wildman–Crippen MR) is 436 cm³/mol. The number of rotatable bonds is 38. The molecule has 7 rings (SSSR count). The number of thiazole rings is 1. The summed E-state index contributed by atoms with van der Waals surface area (Å²) < 4.78 is 18.0. The average Bonchev–Trinajstić information content (AvgIpc) is 1.29. The van der Waals surface area contributed by atoms with Crippen LogP contribution in [0.3, 0.4) is 0 Å². The maximum atomic E-state index is 14.9. The van der Waals surface area contributed by atoms with Gasteiger partial charge in [-0.2, -0.15) is 35.3 Å². The van der Waals surface area contributed by atoms with Gasteiger partial charge in [0, 0.05) is 106 Å². The van der Waals surface area contributed by atoms with Crippen molar-refractivity contribution in [3.05, 3.63) is 82.3 Å². The van der Waals surface area contributed by atoms with E-state index < -0.39 is 114 Å². The highest BCUT2D eigenvalue weighted by atomic mass is 32.2. The summed E-state index contributed by atoms with van der Waals surface area (Å²) in [6.45, 7) is 17.0. The van der Waals surface area contributed by atoms with Crippen LogP contribution in [-0.4, -0.2) is 249 Å². The van der Waals surface area contributed by atoms with E-state index in [9.17, 15) is 57.5 Å². The van der Waals surface area contributed by atoms with E-state index in [1.807, 2.05) is 93.9 Å². The molecule has 1 saturated carbocycles. The van der Waals surface area contributed by atoms with Crippen molar-refractivity contribution in [2.45, 2.75) is 217 Å². The van der Waals surface area contributed by atoms with Crippen molar-refractivity contribution in [2.24, 2.45) is 35.3 Å². The number of nitrogens with one attached hydrogen (secondary N) is 6. The van der Waals surface area contributed by atoms with E-state index in [4.69, 9.17) is 19.9 Å². The number of thioether (sulfide) groups is 3. The summed E-state index contributed by atoms with van der Waals surface area (Å²) >= 11 is 6.32. The number of benzene rings is 2. The van der Waals surface area contributed by atoms with Crippen LogP contribution in [0.4, 0.5) is 15.3 Å². The zero-order chi connectivity index (χ0) is 81.9. The van der Waals surface area contributed by atoms with Crippen LogP contribution < -0.4 is 37.6 Å². The molecule has 1 aromatic heterocycles. The maximum absolute atomic E-state index is 14.9. The molecule has 3 aromatic rings. The highest BCUT2D eigenvalue weighted by molar-refractivity contribution is 8.01. The number of likely N-dealkylation sites (tertiary alicyclic amines) is 1. The second kappa shape index (κ2) is 45.4. The van der Waals surface area contributed by atoms with E-state index in [0.29, 0.717) is 78.3 Å². The van der Waals surface area contributed by atoms with Crippen LogP contribution in [0.1, 0.15) is 162 Å². The van der Waals surface area contributed by atoms with E-state index in [1.54, 1.807) is 91.9 Å². The molecule has 29 nitrogen and oxygen atoms in total. The number of nitrogens with zero attached hydrogens (tertiary/aromatic N) is 7. The summed E-state index contributed by atoms with van der Waals surface area (Å²) in [6.07, 6.45) is 6.14. The lowest BCUT2D eigenvalue weighted by Crippen LogP contribution is -2.60. The van der Waals surface area contributed by atoms with Gasteiger partial charge in [-0.25, -0.2) is 14.6 Å². The van der Waals surface area contributed by atoms with Crippen LogP contribution >= 0.6 is 46.6 Å². The average molecular weight is 1630 g/mol. The standard InChI is InChI=1S/C79H120N14O15S4/c1-14-51(8)70(61(106-12)42-66(98)93-35-19-23-60(93)71(107-13)52(9)72(99)85-59(76-81-34-39-112-76)40-53-20-16-15-17-21-53)88(10)77(103)68(49(4)5)87-75(102)69(50(6)7)89(11)79(105)108-43-54-24-26-55(27-25-54)83-73(100)58(22-18-33-82-78(80)104)84-74(101)67(48(2)3)86-62(94)44-109-36-30-63(95)90-45-91-47-92(46-90)65(97)32-38-111-57-29-28-56(41-57)110-37-31-64(91)96/h15-17,20-21,24-27,34,39,48-52,56-61,67-71H,14,18-19,22-23,28-33,35-38,40-47H2,1-13H3,(H,83,100)(H,84,101)(H,85,99)(H,86,94)(H,87,102)(H3,80,82,104)/t51-,52+,56?,57?,58-,59-,60-,61+,67-,68-,69-,70-,71+/m0/s1. The Morgan fingerprint density at radius 1 is 0.714 bits per heavy atom. The third-order valence-corrected chi connectivity index (χ3v) is 25.9. The molecule has 4 bridgehead atoms. The number of urea groups is 1. The molecule has 620 valence electrons. The molecule has 4 heterocycles. The molecule has 13 atom stereocenters. The second-order valence-electron chi connectivity index (χ2n) is 30.6. The van der Waals surface area contributed by atoms with Gasteiger partial charge in [-0.05, 0) is 98.3 Å². The number of carbonyl (C=O) groups is 12. The van der Waals surface area contributed by atoms with Crippen molar-refractivity contribution >= 4 is 124 Å². The van der Waals surface area contributed by atoms with Crippen molar-refractivity contribution < 1.29 is 71.7 Å². The number of aromatic nitrogens is 1. The summed E-state index contributed by atoms with van der Waals surface area (Å²) in [5.74, 6) is -4.28. The first kappa shape index (κ1) is 91.5. The minimum Gasteiger partial charge on any atom is -0.445 e. The Kier molecular flexibility index (Phi) is 37.1. The topological polar surface area (TPSA) is 363 Å². The number of anilines is 1. The number of hydrogen-bond acceptors (Lipinski definition) is 20. The maximum Gasteiger partial charge on any atom is 0.410 e. The number of hydrogen-bond donors (Lipinski definition) is 7. The Morgan fingerprint density at radius 3 is 1.95 bits per heavy atom. The van der Waals surface area contributed by atoms with Gasteiger partial charge in [-0.3, -0.25) is 52.8 Å². The lowest BCUT2D eigenvalue weighted by Gasteiger charge is -2.42. The van der Waals surface area contributed by atoms with Gasteiger partial charge in [0.25, 0.3) is 0 Å². The third kappa shape index (κ3) is 27.0. The van der Waals surface area contributed by atoms with Crippen molar-refractivity contribution in [1.29, 1.82) is 0 Å². The van der Waals surface area contributed by atoms with Gasteiger partial charge in [0.1, 0.15) is 35.8 Å². The molecule has 4 fully saturated rings. The molecule has 8 N–H and O–H groups in total. The highest BCUT2D eigenvalue weighted by Gasteiger charge is 2.45. The van der Waals surface area contributed by atoms with Crippen molar-refractivity contribution in [2.75, 3.05) is 89.7 Å². The van der Waals surface area contributed by atoms with Gasteiger partial charge in [0.15, 0.2) is 0 Å². The van der Waals surface area contributed by atoms with Crippen molar-refractivity contribution in [1.82, 2.24) is 61.0 Å². The second-order valence-corrected chi connectivity index (χ2v) is 35.4. The molecule has 3 aliphatic heterocycles. The van der Waals surface area contributed by atoms with Gasteiger partial charge in [0.2, 0.25) is 59.1 Å². The summed E-state index contributed by atoms with van der Waals surface area (Å²) in [6, 6.07) is 9.70. The lowest BCUT2D eigenvalue weighted by molar-refractivity contribution is -0.158. The van der Waals surface area contributed by atoms with Crippen molar-refractivity contribution in [3.63, 3.8) is 0 Å². The summed E-state index contributed by atoms with van der Waals surface area (Å²) in [4.78, 5) is 179. The lowest BCUT2D eigenvalue weighted by atomic mass is 9.89. The molecular formula is C79H120N14O15S4. The molecule has 33 heteroatoms. The van der Waals surface area contributed by atoms with Crippen LogP contribution in [0.25, 0.3) is 0 Å². The number of primary amides is 1. The Morgan fingerprint density at radius 2 is 1.37 bits per heavy atom. The van der Waals surface area contributed by atoms with Gasteiger partial charge in [0.05, 0.1) is 68.4 Å². The Hall–Kier alpha value is -7.72. The first-order valence-corrected chi connectivity index (χ1v) is 43.3. The van der Waals surface area contributed by atoms with Crippen LogP contribution in [0.5, 0.6) is 0 Å². The van der Waals surface area contributed by atoms with Crippen LogP contribution in [0.15, 0.2) is 66.2 Å². The number of carbonyl (C=O) groups excluding carboxylic acids is 12. The van der Waals surface area contributed by atoms with Crippen LogP contribution in [0.2, 0.25) is 0 Å². The summed E-state index contributed by atoms with van der Waals surface area (Å²) in [5, 5.41) is 20.7. The Balaban J connectivity index is 0.900. The SMILES string of the molecule is CC[C@H](C)[C@@H]([C@@H](CC(=O)N1CCC[C@H]1[C@H](OC)[C@@H](C)C(=O)N[C@@H](Cc1ccccc1)c1nccs1)OC)N(C)C(=O)[C@@H](NC(=O)[C@H](C(C)C)N(C)C(=O)OCc1ccc(NC(=O)[C@H](CCCNC(N)=O)NC(=O)[C@@H](NC(=O)CSCCC(=O)N2CN3CN(C2)C(=O)CCSC2CCC(C2)SCCC3=O)C(C)C)cc1)C(C)C. The quantitative estimate of drug-likeness (QED) is 0.0272. The van der Waals surface area contributed by atoms with Gasteiger partial charge in [-0.1, -0.05) is 111 Å². The fourth-order valence-corrected chi connectivity index (χ4v) is 19.0. The monoisotopic (exact) mass is 1630 g/mol. The minimum absolute atomic E-state index is 0.0386. The molecule has 4 aliphatic rings. The molecule has 0 spiro atoms. The molecule has 13 amide bonds. The first-order chi connectivity index (χ1) is 53.4. The van der Waals surface area contributed by atoms with E-state index in [-0.39, 0.29) is 112 Å². The van der Waals surface area contributed by atoms with E-state index in [1.165, 1.54) is 47.1 Å². The smallest absolute Gasteiger partial charge is 0.410 e. The molecule has 112 heavy (non-hydrogen) atoms. The highest BCUT2D eigenvalue weighted by Crippen LogP contribution is 2.38.